The van der Waals surface area contributed by atoms with Crippen molar-refractivity contribution >= 4 is 5.78 Å². The molecule has 0 aromatic carbocycles. The summed E-state index contributed by atoms with van der Waals surface area (Å²) < 4.78 is 23.0. The molecular weight excluding hydrogens is 260 g/mol. The minimum absolute atomic E-state index is 0.479. The Morgan fingerprint density at radius 3 is 2.81 bits per heavy atom. The average molecular weight is 285 g/mol. The van der Waals surface area contributed by atoms with E-state index in [4.69, 9.17) is 2.74 Å². The number of aryl methyl sites for hydroxylation is 2. The Hall–Kier alpha value is -2.10. The van der Waals surface area contributed by atoms with Gasteiger partial charge in [0.1, 0.15) is 12.7 Å². The highest BCUT2D eigenvalue weighted by atomic mass is 15.2. The summed E-state index contributed by atoms with van der Waals surface area (Å²) >= 11 is 0. The van der Waals surface area contributed by atoms with E-state index in [0.717, 1.165) is 17.2 Å². The van der Waals surface area contributed by atoms with Crippen molar-refractivity contribution in [2.75, 3.05) is 0 Å². The lowest BCUT2D eigenvalue weighted by Crippen LogP contribution is -2.31. The average Bonchev–Trinajstić information content (AvgIpc) is 3.01. The predicted octanol–water partition coefficient (Wildman–Crippen LogP) is 2.75. The molecule has 0 radical (unpaired) electrons. The zero-order chi connectivity index (χ0) is 17.0. The number of hydrogen-bond donors (Lipinski definition) is 0. The summed E-state index contributed by atoms with van der Waals surface area (Å²) in [5.74, 6) is 0.865. The number of rotatable bonds is 2. The van der Waals surface area contributed by atoms with Crippen molar-refractivity contribution in [3.05, 3.63) is 42.5 Å². The monoisotopic (exact) mass is 285 g/mol. The second-order valence-electron chi connectivity index (χ2n) is 6.49. The maximum Gasteiger partial charge on any atom is 0.230 e. The van der Waals surface area contributed by atoms with E-state index in [1.165, 1.54) is 0 Å². The van der Waals surface area contributed by atoms with Crippen molar-refractivity contribution in [3.63, 3.8) is 0 Å². The predicted molar refractivity (Wildman–Crippen MR) is 83.9 cm³/mol. The molecule has 0 saturated carbocycles. The smallest absolute Gasteiger partial charge is 0.230 e. The Labute approximate surface area is 128 Å². The molecule has 0 atom stereocenters. The van der Waals surface area contributed by atoms with Crippen molar-refractivity contribution in [1.29, 1.82) is 0 Å². The molecule has 0 fully saturated rings. The highest BCUT2D eigenvalue weighted by Gasteiger charge is 2.19. The molecule has 0 saturated heterocycles. The first kappa shape index (κ1) is 11.5. The van der Waals surface area contributed by atoms with E-state index in [0.29, 0.717) is 5.56 Å². The van der Waals surface area contributed by atoms with Crippen molar-refractivity contribution in [1.82, 2.24) is 14.0 Å². The second kappa shape index (κ2) is 4.72. The SMILES string of the molecule is [2H]C([2H])(c1cc[n+](C)c(-c2cn3ccnc3n2C)c1)C(C)(C)C. The number of fused-ring (bicyclic) bond motifs is 1. The van der Waals surface area contributed by atoms with Crippen LogP contribution in [0.25, 0.3) is 17.2 Å². The zero-order valence-electron chi connectivity index (χ0n) is 15.3. The quantitative estimate of drug-likeness (QED) is 0.665. The van der Waals surface area contributed by atoms with Crippen molar-refractivity contribution < 1.29 is 7.31 Å². The van der Waals surface area contributed by atoms with Crippen LogP contribution in [0.2, 0.25) is 0 Å². The van der Waals surface area contributed by atoms with Crippen LogP contribution in [0.15, 0.2) is 36.9 Å². The molecule has 0 aliphatic rings. The molecule has 4 nitrogen and oxygen atoms in total. The summed E-state index contributed by atoms with van der Waals surface area (Å²) in [5, 5.41) is 0. The lowest BCUT2D eigenvalue weighted by molar-refractivity contribution is -0.660. The minimum atomic E-state index is -1.42. The summed E-state index contributed by atoms with van der Waals surface area (Å²) in [7, 11) is 3.95. The number of aromatic nitrogens is 4. The summed E-state index contributed by atoms with van der Waals surface area (Å²) in [6, 6.07) is 3.81. The van der Waals surface area contributed by atoms with Crippen molar-refractivity contribution in [2.45, 2.75) is 27.1 Å². The van der Waals surface area contributed by atoms with Gasteiger partial charge in [0.25, 0.3) is 0 Å². The van der Waals surface area contributed by atoms with Crippen LogP contribution in [0.5, 0.6) is 0 Å². The third-order valence-corrected chi connectivity index (χ3v) is 3.50. The largest absolute Gasteiger partial charge is 0.308 e. The van der Waals surface area contributed by atoms with Crippen LogP contribution >= 0.6 is 0 Å². The zero-order valence-corrected chi connectivity index (χ0v) is 13.3. The van der Waals surface area contributed by atoms with Crippen LogP contribution < -0.4 is 4.57 Å². The first-order valence-corrected chi connectivity index (χ1v) is 7.12. The fraction of sp³-hybridized carbons (Fsp3) is 0.412. The minimum Gasteiger partial charge on any atom is -0.308 e. The molecule has 4 heteroatoms. The maximum absolute atomic E-state index is 8.51. The summed E-state index contributed by atoms with van der Waals surface area (Å²) in [4.78, 5) is 4.35. The number of pyridine rings is 1. The summed E-state index contributed by atoms with van der Waals surface area (Å²) in [5.41, 5.74) is 2.18. The van der Waals surface area contributed by atoms with Crippen molar-refractivity contribution in [2.24, 2.45) is 19.5 Å². The van der Waals surface area contributed by atoms with Gasteiger partial charge in [-0.25, -0.2) is 4.98 Å². The topological polar surface area (TPSA) is 26.1 Å². The van der Waals surface area contributed by atoms with Gasteiger partial charge in [0.05, 0.1) is 0 Å². The van der Waals surface area contributed by atoms with Crippen LogP contribution in [-0.4, -0.2) is 14.0 Å². The molecule has 0 N–H and O–H groups in total. The van der Waals surface area contributed by atoms with Gasteiger partial charge in [0, 0.05) is 40.5 Å². The Balaban J connectivity index is 2.19. The number of imidazole rings is 2. The van der Waals surface area contributed by atoms with E-state index >= 15 is 0 Å². The Morgan fingerprint density at radius 2 is 2.14 bits per heavy atom. The first-order chi connectivity index (χ1) is 10.6. The lowest BCUT2D eigenvalue weighted by atomic mass is 9.88. The number of nitrogens with zero attached hydrogens (tertiary/aromatic N) is 4. The first-order valence-electron chi connectivity index (χ1n) is 8.12. The van der Waals surface area contributed by atoms with Gasteiger partial charge in [0.15, 0.2) is 6.20 Å². The van der Waals surface area contributed by atoms with Crippen LogP contribution in [0.3, 0.4) is 0 Å². The van der Waals surface area contributed by atoms with Crippen molar-refractivity contribution in [3.8, 4) is 11.4 Å². The lowest BCUT2D eigenvalue weighted by Gasteiger charge is -2.17. The van der Waals surface area contributed by atoms with Gasteiger partial charge in [-0.1, -0.05) is 20.8 Å². The highest BCUT2D eigenvalue weighted by molar-refractivity contribution is 5.56. The molecular formula is C17H23N4+. The fourth-order valence-electron chi connectivity index (χ4n) is 2.56. The van der Waals surface area contributed by atoms with Gasteiger partial charge in [-0.15, -0.1) is 0 Å². The van der Waals surface area contributed by atoms with Gasteiger partial charge in [0.2, 0.25) is 11.5 Å². The molecule has 0 bridgehead atoms. The third-order valence-electron chi connectivity index (χ3n) is 3.50. The van der Waals surface area contributed by atoms with E-state index in [9.17, 15) is 0 Å². The maximum atomic E-state index is 8.51. The van der Waals surface area contributed by atoms with Crippen LogP contribution in [0, 0.1) is 5.41 Å². The fourth-order valence-corrected chi connectivity index (χ4v) is 2.56. The van der Waals surface area contributed by atoms with Gasteiger partial charge < -0.3 is 4.57 Å². The van der Waals surface area contributed by atoms with Gasteiger partial charge >= 0.3 is 0 Å². The Kier molecular flexibility index (Phi) is 2.60. The van der Waals surface area contributed by atoms with Crippen LogP contribution in [0.4, 0.5) is 0 Å². The summed E-state index contributed by atoms with van der Waals surface area (Å²) in [6.45, 7) is 5.78. The van der Waals surface area contributed by atoms with Gasteiger partial charge in [-0.2, -0.15) is 4.57 Å². The molecule has 3 rings (SSSR count). The Bertz CT molecular complexity index is 868. The van der Waals surface area contributed by atoms with E-state index in [1.54, 1.807) is 6.20 Å². The Morgan fingerprint density at radius 1 is 1.38 bits per heavy atom. The molecule has 0 aliphatic heterocycles. The highest BCUT2D eigenvalue weighted by Crippen LogP contribution is 2.24. The normalized spacial score (nSPS) is 14.3. The standard InChI is InChI=1S/C17H23N4/c1-17(2,3)11-13-6-8-19(4)14(10-13)15-12-21-9-7-18-16(21)20(15)5/h6-10,12H,11H2,1-5H3/q+1/i11D2. The van der Waals surface area contributed by atoms with E-state index in [1.807, 2.05) is 79.1 Å². The molecule has 3 heterocycles. The van der Waals surface area contributed by atoms with E-state index < -0.39 is 11.8 Å². The molecule has 3 aromatic rings. The third kappa shape index (κ3) is 2.58. The van der Waals surface area contributed by atoms with Crippen LogP contribution in [0.1, 0.15) is 29.1 Å². The molecule has 0 unspecified atom stereocenters. The molecule has 0 amide bonds. The molecule has 21 heavy (non-hydrogen) atoms. The molecule has 110 valence electrons. The van der Waals surface area contributed by atoms with Gasteiger partial charge in [-0.3, -0.25) is 4.40 Å². The van der Waals surface area contributed by atoms with Gasteiger partial charge in [-0.05, 0) is 17.4 Å². The van der Waals surface area contributed by atoms with E-state index in [2.05, 4.69) is 4.98 Å². The molecule has 0 spiro atoms. The summed E-state index contributed by atoms with van der Waals surface area (Å²) in [6.07, 6.45) is 6.21. The number of hydrogen-bond acceptors (Lipinski definition) is 1. The van der Waals surface area contributed by atoms with E-state index in [-0.39, 0.29) is 0 Å². The van der Waals surface area contributed by atoms with Crippen LogP contribution in [-0.2, 0) is 20.5 Å². The molecule has 0 aliphatic carbocycles. The molecule has 3 aromatic heterocycles. The second-order valence-corrected chi connectivity index (χ2v) is 6.49.